The second kappa shape index (κ2) is 7.20. The maximum absolute atomic E-state index is 13.1. The first-order valence-corrected chi connectivity index (χ1v) is 10.5. The maximum atomic E-state index is 13.1. The number of rotatable bonds is 1. The Morgan fingerprint density at radius 2 is 1.79 bits per heavy atom. The number of fused-ring (bicyclic) bond motifs is 1. The fraction of sp³-hybridized carbons (Fsp3) is 0.571. The molecule has 0 bridgehead atoms. The summed E-state index contributed by atoms with van der Waals surface area (Å²) in [4.78, 5) is 43.4. The summed E-state index contributed by atoms with van der Waals surface area (Å²) in [6.45, 7) is 4.54. The van der Waals surface area contributed by atoms with Gasteiger partial charge in [0.2, 0.25) is 11.8 Å². The van der Waals surface area contributed by atoms with Crippen LogP contribution in [0.1, 0.15) is 26.2 Å². The third-order valence-electron chi connectivity index (χ3n) is 7.13. The van der Waals surface area contributed by atoms with Crippen molar-refractivity contribution in [2.24, 2.45) is 10.8 Å². The molecule has 8 heteroatoms. The highest BCUT2D eigenvalue weighted by molar-refractivity contribution is 6.30. The molecule has 2 spiro atoms. The van der Waals surface area contributed by atoms with Crippen molar-refractivity contribution in [2.75, 3.05) is 45.1 Å². The van der Waals surface area contributed by atoms with E-state index >= 15 is 0 Å². The number of hydrogen-bond acceptors (Lipinski definition) is 3. The number of piperidine rings is 1. The number of halogens is 1. The van der Waals surface area contributed by atoms with Gasteiger partial charge < -0.3 is 20.0 Å². The minimum atomic E-state index is -0.511. The molecule has 4 amide bonds. The molecule has 1 N–H and O–H groups in total. The average molecular weight is 419 g/mol. The van der Waals surface area contributed by atoms with Gasteiger partial charge in [0.15, 0.2) is 0 Å². The van der Waals surface area contributed by atoms with Crippen LogP contribution < -0.4 is 5.32 Å². The monoisotopic (exact) mass is 418 g/mol. The third-order valence-corrected chi connectivity index (χ3v) is 7.36. The molecule has 0 radical (unpaired) electrons. The number of nitrogens with one attached hydrogen (secondary N) is 1. The lowest BCUT2D eigenvalue weighted by Gasteiger charge is -2.46. The van der Waals surface area contributed by atoms with Crippen molar-refractivity contribution in [2.45, 2.75) is 26.2 Å². The Labute approximate surface area is 176 Å². The average Bonchev–Trinajstić information content (AvgIpc) is 3.16. The van der Waals surface area contributed by atoms with E-state index in [1.54, 1.807) is 41.0 Å². The van der Waals surface area contributed by atoms with Crippen molar-refractivity contribution < 1.29 is 14.4 Å². The summed E-state index contributed by atoms with van der Waals surface area (Å²) in [5, 5.41) is 3.47. The summed E-state index contributed by atoms with van der Waals surface area (Å²) < 4.78 is 0. The van der Waals surface area contributed by atoms with E-state index in [1.807, 2.05) is 11.9 Å². The Hall–Kier alpha value is -2.28. The first-order valence-electron chi connectivity index (χ1n) is 10.1. The molecular weight excluding hydrogens is 392 g/mol. The molecule has 7 nitrogen and oxygen atoms in total. The van der Waals surface area contributed by atoms with Gasteiger partial charge in [-0.3, -0.25) is 9.59 Å². The third kappa shape index (κ3) is 3.25. The van der Waals surface area contributed by atoms with Crippen molar-refractivity contribution in [1.82, 2.24) is 14.7 Å². The Bertz CT molecular complexity index is 852. The zero-order valence-electron chi connectivity index (χ0n) is 16.9. The van der Waals surface area contributed by atoms with E-state index in [1.165, 1.54) is 0 Å². The summed E-state index contributed by atoms with van der Waals surface area (Å²) >= 11 is 6.00. The summed E-state index contributed by atoms with van der Waals surface area (Å²) in [6, 6.07) is 6.92. The lowest BCUT2D eigenvalue weighted by atomic mass is 9.60. The standard InChI is InChI=1S/C21H27ClN4O3/c1-15(27)26-13-20(21(14-26)8-9-24(2)18(21)28)6-10-25(11-7-20)19(29)23-17-5-3-4-16(22)12-17/h3-5,12H,6-11,13-14H2,1-2H3,(H,23,29). The van der Waals surface area contributed by atoms with Gasteiger partial charge in [-0.05, 0) is 37.5 Å². The number of carbonyl (C=O) groups excluding carboxylic acids is 3. The van der Waals surface area contributed by atoms with Crippen LogP contribution in [0.2, 0.25) is 5.02 Å². The van der Waals surface area contributed by atoms with Crippen molar-refractivity contribution in [1.29, 1.82) is 0 Å². The number of anilines is 1. The van der Waals surface area contributed by atoms with Crippen LogP contribution in [0.5, 0.6) is 0 Å². The van der Waals surface area contributed by atoms with E-state index in [-0.39, 0.29) is 23.3 Å². The van der Waals surface area contributed by atoms with E-state index in [2.05, 4.69) is 5.32 Å². The van der Waals surface area contributed by atoms with E-state index in [0.717, 1.165) is 25.8 Å². The molecule has 3 aliphatic rings. The highest BCUT2D eigenvalue weighted by atomic mass is 35.5. The molecular formula is C21H27ClN4O3. The minimum Gasteiger partial charge on any atom is -0.345 e. The molecule has 1 unspecified atom stereocenters. The molecule has 1 aromatic rings. The van der Waals surface area contributed by atoms with E-state index in [4.69, 9.17) is 11.6 Å². The van der Waals surface area contributed by atoms with E-state index < -0.39 is 5.41 Å². The van der Waals surface area contributed by atoms with Crippen molar-refractivity contribution in [3.05, 3.63) is 29.3 Å². The van der Waals surface area contributed by atoms with Crippen LogP contribution >= 0.6 is 11.6 Å². The first-order chi connectivity index (χ1) is 13.8. The molecule has 1 atom stereocenters. The van der Waals surface area contributed by atoms with Crippen LogP contribution in [0.4, 0.5) is 10.5 Å². The van der Waals surface area contributed by atoms with E-state index in [0.29, 0.717) is 36.9 Å². The van der Waals surface area contributed by atoms with Crippen LogP contribution in [0.25, 0.3) is 0 Å². The molecule has 4 rings (SSSR count). The van der Waals surface area contributed by atoms with Crippen LogP contribution in [-0.2, 0) is 9.59 Å². The fourth-order valence-corrected chi connectivity index (χ4v) is 5.59. The Morgan fingerprint density at radius 1 is 1.07 bits per heavy atom. The summed E-state index contributed by atoms with van der Waals surface area (Å²) in [5.41, 5.74) is -0.105. The molecule has 0 saturated carbocycles. The van der Waals surface area contributed by atoms with Gasteiger partial charge in [0.25, 0.3) is 0 Å². The minimum absolute atomic E-state index is 0.0183. The molecule has 3 saturated heterocycles. The zero-order valence-corrected chi connectivity index (χ0v) is 17.7. The molecule has 0 aliphatic carbocycles. The van der Waals surface area contributed by atoms with Crippen LogP contribution in [0.15, 0.2) is 24.3 Å². The summed E-state index contributed by atoms with van der Waals surface area (Å²) in [5.74, 6) is 0.169. The molecule has 29 heavy (non-hydrogen) atoms. The van der Waals surface area contributed by atoms with E-state index in [9.17, 15) is 14.4 Å². The normalized spacial score (nSPS) is 25.9. The van der Waals surface area contributed by atoms with Gasteiger partial charge in [-0.1, -0.05) is 17.7 Å². The lowest BCUT2D eigenvalue weighted by molar-refractivity contribution is -0.141. The highest BCUT2D eigenvalue weighted by Crippen LogP contribution is 2.57. The maximum Gasteiger partial charge on any atom is 0.321 e. The second-order valence-electron chi connectivity index (χ2n) is 8.64. The van der Waals surface area contributed by atoms with Crippen LogP contribution in [0, 0.1) is 10.8 Å². The number of amides is 4. The number of carbonyl (C=O) groups is 3. The fourth-order valence-electron chi connectivity index (χ4n) is 5.40. The molecule has 3 fully saturated rings. The van der Waals surface area contributed by atoms with Gasteiger partial charge in [-0.2, -0.15) is 0 Å². The zero-order chi connectivity index (χ0) is 20.8. The highest BCUT2D eigenvalue weighted by Gasteiger charge is 2.65. The first kappa shape index (κ1) is 20.0. The van der Waals surface area contributed by atoms with Gasteiger partial charge in [-0.15, -0.1) is 0 Å². The van der Waals surface area contributed by atoms with Crippen LogP contribution in [-0.4, -0.2) is 72.3 Å². The van der Waals surface area contributed by atoms with Crippen molar-refractivity contribution in [3.63, 3.8) is 0 Å². The summed E-state index contributed by atoms with van der Waals surface area (Å²) in [7, 11) is 1.84. The smallest absolute Gasteiger partial charge is 0.321 e. The van der Waals surface area contributed by atoms with Gasteiger partial charge >= 0.3 is 6.03 Å². The van der Waals surface area contributed by atoms with Gasteiger partial charge in [0, 0.05) is 62.8 Å². The second-order valence-corrected chi connectivity index (χ2v) is 9.08. The number of urea groups is 1. The largest absolute Gasteiger partial charge is 0.345 e. The predicted molar refractivity (Wildman–Crippen MR) is 111 cm³/mol. The number of benzene rings is 1. The quantitative estimate of drug-likeness (QED) is 0.762. The van der Waals surface area contributed by atoms with Gasteiger partial charge in [0.05, 0.1) is 5.41 Å². The topological polar surface area (TPSA) is 73.0 Å². The molecule has 0 aromatic heterocycles. The Kier molecular flexibility index (Phi) is 4.97. The van der Waals surface area contributed by atoms with Crippen molar-refractivity contribution in [3.8, 4) is 0 Å². The van der Waals surface area contributed by atoms with Gasteiger partial charge in [0.1, 0.15) is 0 Å². The Morgan fingerprint density at radius 3 is 2.38 bits per heavy atom. The molecule has 1 aromatic carbocycles. The number of hydrogen-bond donors (Lipinski definition) is 1. The SMILES string of the molecule is CC(=O)N1CC2(CCN(C(=O)Nc3cccc(Cl)c3)CC2)C2(CCN(C)C2=O)C1. The van der Waals surface area contributed by atoms with Gasteiger partial charge in [-0.25, -0.2) is 4.79 Å². The van der Waals surface area contributed by atoms with Crippen molar-refractivity contribution >= 4 is 35.1 Å². The summed E-state index contributed by atoms with van der Waals surface area (Å²) in [6.07, 6.45) is 2.22. The number of likely N-dealkylation sites (tertiary alicyclic amines) is 3. The lowest BCUT2D eigenvalue weighted by Crippen LogP contribution is -2.54. The number of nitrogens with zero attached hydrogens (tertiary/aromatic N) is 3. The molecule has 3 aliphatic heterocycles. The molecule has 156 valence electrons. The predicted octanol–water partition coefficient (Wildman–Crippen LogP) is 2.66. The Balaban J connectivity index is 1.50. The van der Waals surface area contributed by atoms with Crippen LogP contribution in [0.3, 0.4) is 0 Å². The molecule has 3 heterocycles.